The fourth-order valence-corrected chi connectivity index (χ4v) is 0.974. The predicted molar refractivity (Wildman–Crippen MR) is 43.2 cm³/mol. The first kappa shape index (κ1) is 8.27. The van der Waals surface area contributed by atoms with Crippen molar-refractivity contribution >= 4 is 0 Å². The fraction of sp³-hybridized carbons (Fsp3) is 0.625. The molecule has 1 aromatic rings. The van der Waals surface area contributed by atoms with E-state index in [1.165, 1.54) is 0 Å². The largest absolute Gasteiger partial charge is 0.375 e. The van der Waals surface area contributed by atoms with Crippen molar-refractivity contribution in [1.82, 2.24) is 9.78 Å². The maximum atomic E-state index is 5.26. The molecule has 0 amide bonds. The topological polar surface area (TPSA) is 27.1 Å². The second kappa shape index (κ2) is 4.13. The summed E-state index contributed by atoms with van der Waals surface area (Å²) in [6.07, 6.45) is 1.80. The van der Waals surface area contributed by atoms with Crippen LogP contribution in [0, 0.1) is 0 Å². The van der Waals surface area contributed by atoms with Gasteiger partial charge in [0.25, 0.3) is 0 Å². The van der Waals surface area contributed by atoms with Gasteiger partial charge < -0.3 is 4.74 Å². The lowest BCUT2D eigenvalue weighted by Crippen LogP contribution is -2.04. The van der Waals surface area contributed by atoms with E-state index in [-0.39, 0.29) is 0 Å². The van der Waals surface area contributed by atoms with Crippen molar-refractivity contribution in [3.63, 3.8) is 0 Å². The highest BCUT2D eigenvalue weighted by Crippen LogP contribution is 2.00. The first-order valence-electron chi connectivity index (χ1n) is 3.97. The molecule has 0 bridgehead atoms. The van der Waals surface area contributed by atoms with Crippen molar-refractivity contribution in [3.05, 3.63) is 18.0 Å². The molecule has 0 aliphatic heterocycles. The Bertz CT molecular complexity index is 208. The summed E-state index contributed by atoms with van der Waals surface area (Å²) in [5.74, 6) is 0. The number of hydrogen-bond donors (Lipinski definition) is 0. The normalized spacial score (nSPS) is 10.4. The molecule has 0 saturated carbocycles. The number of aromatic nitrogens is 2. The highest BCUT2D eigenvalue weighted by Gasteiger charge is 1.98. The number of ether oxygens (including phenoxy) is 1. The molecule has 62 valence electrons. The zero-order valence-corrected chi connectivity index (χ0v) is 7.08. The van der Waals surface area contributed by atoms with Gasteiger partial charge in [-0.05, 0) is 19.9 Å². The molecule has 1 aromatic heterocycles. The van der Waals surface area contributed by atoms with Crippen molar-refractivity contribution in [2.24, 2.45) is 0 Å². The van der Waals surface area contributed by atoms with Crippen LogP contribution in [0.3, 0.4) is 0 Å². The first-order valence-corrected chi connectivity index (χ1v) is 3.97. The maximum Gasteiger partial charge on any atom is 0.0884 e. The summed E-state index contributed by atoms with van der Waals surface area (Å²) < 4.78 is 7.20. The monoisotopic (exact) mass is 154 g/mol. The van der Waals surface area contributed by atoms with E-state index < -0.39 is 0 Å². The Labute approximate surface area is 67.0 Å². The van der Waals surface area contributed by atoms with Crippen molar-refractivity contribution < 1.29 is 4.74 Å². The third-order valence-electron chi connectivity index (χ3n) is 1.56. The summed E-state index contributed by atoms with van der Waals surface area (Å²) >= 11 is 0. The average Bonchev–Trinajstić information content (AvgIpc) is 2.47. The minimum absolute atomic E-state index is 0.671. The molecule has 1 rings (SSSR count). The van der Waals surface area contributed by atoms with E-state index >= 15 is 0 Å². The van der Waals surface area contributed by atoms with Crippen molar-refractivity contribution in [2.75, 3.05) is 6.61 Å². The van der Waals surface area contributed by atoms with Gasteiger partial charge in [-0.2, -0.15) is 5.10 Å². The number of hydrogen-bond acceptors (Lipinski definition) is 2. The highest BCUT2D eigenvalue weighted by molar-refractivity contribution is 4.98. The molecule has 0 radical (unpaired) electrons. The first-order chi connectivity index (χ1) is 5.38. The van der Waals surface area contributed by atoms with Crippen LogP contribution < -0.4 is 0 Å². The van der Waals surface area contributed by atoms with Crippen LogP contribution in [0.25, 0.3) is 0 Å². The van der Waals surface area contributed by atoms with E-state index in [1.54, 1.807) is 6.20 Å². The third kappa shape index (κ3) is 2.05. The van der Waals surface area contributed by atoms with Gasteiger partial charge in [-0.3, -0.25) is 4.68 Å². The summed E-state index contributed by atoms with van der Waals surface area (Å²) in [5, 5.41) is 4.12. The second-order valence-corrected chi connectivity index (χ2v) is 2.28. The van der Waals surface area contributed by atoms with Crippen molar-refractivity contribution in [1.29, 1.82) is 0 Å². The van der Waals surface area contributed by atoms with E-state index in [9.17, 15) is 0 Å². The molecule has 0 saturated heterocycles. The lowest BCUT2D eigenvalue weighted by atomic mass is 10.4. The molecule has 0 aliphatic rings. The number of nitrogens with zero attached hydrogens (tertiary/aromatic N) is 2. The van der Waals surface area contributed by atoms with E-state index in [0.717, 1.165) is 18.8 Å². The van der Waals surface area contributed by atoms with Crippen LogP contribution in [-0.4, -0.2) is 16.4 Å². The quantitative estimate of drug-likeness (QED) is 0.656. The van der Waals surface area contributed by atoms with Gasteiger partial charge in [0.05, 0.1) is 12.3 Å². The molecular formula is C8H14N2O. The van der Waals surface area contributed by atoms with Crippen LogP contribution in [0.4, 0.5) is 0 Å². The fourth-order valence-electron chi connectivity index (χ4n) is 0.974. The van der Waals surface area contributed by atoms with Crippen LogP contribution in [0.15, 0.2) is 12.3 Å². The van der Waals surface area contributed by atoms with Crippen molar-refractivity contribution in [2.45, 2.75) is 27.0 Å². The highest BCUT2D eigenvalue weighted by atomic mass is 16.5. The summed E-state index contributed by atoms with van der Waals surface area (Å²) in [6, 6.07) is 1.99. The third-order valence-corrected chi connectivity index (χ3v) is 1.56. The Hall–Kier alpha value is -0.830. The molecule has 0 spiro atoms. The summed E-state index contributed by atoms with van der Waals surface area (Å²) in [4.78, 5) is 0. The predicted octanol–water partition coefficient (Wildman–Crippen LogP) is 1.44. The molecule has 0 aliphatic carbocycles. The zero-order chi connectivity index (χ0) is 8.10. The lowest BCUT2D eigenvalue weighted by molar-refractivity contribution is 0.128. The minimum Gasteiger partial charge on any atom is -0.375 e. The van der Waals surface area contributed by atoms with E-state index in [1.807, 2.05) is 17.7 Å². The van der Waals surface area contributed by atoms with E-state index in [4.69, 9.17) is 4.74 Å². The molecule has 0 atom stereocenters. The van der Waals surface area contributed by atoms with Gasteiger partial charge in [-0.25, -0.2) is 0 Å². The molecule has 11 heavy (non-hydrogen) atoms. The molecule has 0 aromatic carbocycles. The smallest absolute Gasteiger partial charge is 0.0884 e. The maximum absolute atomic E-state index is 5.26. The molecule has 1 heterocycles. The lowest BCUT2D eigenvalue weighted by Gasteiger charge is -2.03. The summed E-state index contributed by atoms with van der Waals surface area (Å²) in [5.41, 5.74) is 1.15. The molecule has 0 fully saturated rings. The van der Waals surface area contributed by atoms with Gasteiger partial charge in [0.15, 0.2) is 0 Å². The SMILES string of the molecule is CCOCc1ccnn1CC. The molecule has 3 heteroatoms. The van der Waals surface area contributed by atoms with Crippen LogP contribution in [-0.2, 0) is 17.9 Å². The van der Waals surface area contributed by atoms with Crippen LogP contribution in [0.5, 0.6) is 0 Å². The summed E-state index contributed by atoms with van der Waals surface area (Å²) in [7, 11) is 0. The zero-order valence-electron chi connectivity index (χ0n) is 7.08. The Morgan fingerprint density at radius 1 is 1.55 bits per heavy atom. The van der Waals surface area contributed by atoms with Gasteiger partial charge in [0, 0.05) is 19.3 Å². The van der Waals surface area contributed by atoms with Crippen LogP contribution >= 0.6 is 0 Å². The summed E-state index contributed by atoms with van der Waals surface area (Å²) in [6.45, 7) is 6.41. The second-order valence-electron chi connectivity index (χ2n) is 2.28. The van der Waals surface area contributed by atoms with E-state index in [2.05, 4.69) is 12.0 Å². The average molecular weight is 154 g/mol. The van der Waals surface area contributed by atoms with Gasteiger partial charge in [0.2, 0.25) is 0 Å². The van der Waals surface area contributed by atoms with Crippen LogP contribution in [0.1, 0.15) is 19.5 Å². The molecule has 0 N–H and O–H groups in total. The van der Waals surface area contributed by atoms with Crippen LogP contribution in [0.2, 0.25) is 0 Å². The standard InChI is InChI=1S/C8H14N2O/c1-3-10-8(5-6-9-10)7-11-4-2/h5-6H,3-4,7H2,1-2H3. The van der Waals surface area contributed by atoms with Gasteiger partial charge in [-0.1, -0.05) is 0 Å². The molecule has 0 unspecified atom stereocenters. The van der Waals surface area contributed by atoms with Crippen molar-refractivity contribution in [3.8, 4) is 0 Å². The molecular weight excluding hydrogens is 140 g/mol. The Morgan fingerprint density at radius 2 is 2.36 bits per heavy atom. The Balaban J connectivity index is 2.54. The minimum atomic E-state index is 0.671. The number of aryl methyl sites for hydroxylation is 1. The van der Waals surface area contributed by atoms with Gasteiger partial charge in [0.1, 0.15) is 0 Å². The van der Waals surface area contributed by atoms with Gasteiger partial charge in [-0.15, -0.1) is 0 Å². The Kier molecular flexibility index (Phi) is 3.11. The number of rotatable bonds is 4. The molecule has 3 nitrogen and oxygen atoms in total. The Morgan fingerprint density at radius 3 is 3.00 bits per heavy atom. The van der Waals surface area contributed by atoms with E-state index in [0.29, 0.717) is 6.61 Å². The van der Waals surface area contributed by atoms with Gasteiger partial charge >= 0.3 is 0 Å².